The molecule has 0 atom stereocenters. The van der Waals surface area contributed by atoms with E-state index in [0.29, 0.717) is 59.5 Å². The van der Waals surface area contributed by atoms with Crippen LogP contribution < -0.4 is 14.8 Å². The smallest absolute Gasteiger partial charge is 0.264 e. The number of carbonyl (C=O) groups is 1. The van der Waals surface area contributed by atoms with Gasteiger partial charge in [0.05, 0.1) is 32.3 Å². The molecule has 0 unspecified atom stereocenters. The minimum atomic E-state index is -0.253. The van der Waals surface area contributed by atoms with Crippen molar-refractivity contribution >= 4 is 81.0 Å². The number of amides is 1. The third-order valence-corrected chi connectivity index (χ3v) is 6.89. The number of thioether (sulfide) groups is 1. The van der Waals surface area contributed by atoms with Crippen LogP contribution in [-0.4, -0.2) is 17.7 Å². The van der Waals surface area contributed by atoms with Gasteiger partial charge in [0.15, 0.2) is 16.7 Å². The van der Waals surface area contributed by atoms with Gasteiger partial charge in [0, 0.05) is 5.02 Å². The Morgan fingerprint density at radius 1 is 0.943 bits per heavy atom. The Labute approximate surface area is 227 Å². The predicted molar refractivity (Wildman–Crippen MR) is 146 cm³/mol. The molecule has 10 heteroatoms. The highest BCUT2D eigenvalue weighted by molar-refractivity contribution is 8.18. The first-order valence-electron chi connectivity index (χ1n) is 10.4. The van der Waals surface area contributed by atoms with Crippen molar-refractivity contribution in [2.24, 2.45) is 4.99 Å². The van der Waals surface area contributed by atoms with Crippen LogP contribution in [0.4, 0.5) is 5.69 Å². The second kappa shape index (κ2) is 11.6. The normalized spacial score (nSPS) is 15.5. The summed E-state index contributed by atoms with van der Waals surface area (Å²) in [6, 6.07) is 15.8. The second-order valence-corrected chi connectivity index (χ2v) is 9.95. The van der Waals surface area contributed by atoms with Gasteiger partial charge in [-0.25, -0.2) is 4.99 Å². The highest BCUT2D eigenvalue weighted by atomic mass is 35.5. The maximum Gasteiger partial charge on any atom is 0.264 e. The Morgan fingerprint density at radius 3 is 2.43 bits per heavy atom. The number of benzene rings is 3. The molecular weight excluding hydrogens is 550 g/mol. The fraction of sp³-hybridized carbons (Fsp3) is 0.120. The summed E-state index contributed by atoms with van der Waals surface area (Å²) in [5.41, 5.74) is 2.20. The number of nitrogens with zero attached hydrogens (tertiary/aromatic N) is 1. The molecule has 3 aromatic carbocycles. The Kier molecular flexibility index (Phi) is 8.52. The lowest BCUT2D eigenvalue weighted by Crippen LogP contribution is -2.19. The lowest BCUT2D eigenvalue weighted by molar-refractivity contribution is -0.115. The van der Waals surface area contributed by atoms with Crippen LogP contribution in [0.1, 0.15) is 18.1 Å². The summed E-state index contributed by atoms with van der Waals surface area (Å²) in [6.45, 7) is 2.49. The van der Waals surface area contributed by atoms with Gasteiger partial charge in [-0.05, 0) is 84.4 Å². The van der Waals surface area contributed by atoms with Gasteiger partial charge < -0.3 is 14.8 Å². The van der Waals surface area contributed by atoms with Crippen molar-refractivity contribution in [2.75, 3.05) is 6.61 Å². The largest absolute Gasteiger partial charge is 0.490 e. The van der Waals surface area contributed by atoms with Gasteiger partial charge in [-0.2, -0.15) is 0 Å². The Balaban J connectivity index is 1.55. The zero-order valence-corrected chi connectivity index (χ0v) is 22.1. The molecule has 1 heterocycles. The van der Waals surface area contributed by atoms with Crippen LogP contribution >= 0.6 is 58.2 Å². The van der Waals surface area contributed by atoms with Crippen LogP contribution in [0.3, 0.4) is 0 Å². The van der Waals surface area contributed by atoms with Gasteiger partial charge in [-0.1, -0.05) is 52.5 Å². The first-order chi connectivity index (χ1) is 16.8. The Hall–Kier alpha value is -2.35. The van der Waals surface area contributed by atoms with Crippen LogP contribution in [0.15, 0.2) is 64.5 Å². The van der Waals surface area contributed by atoms with E-state index in [1.165, 1.54) is 11.8 Å². The van der Waals surface area contributed by atoms with Crippen molar-refractivity contribution in [3.63, 3.8) is 0 Å². The zero-order chi connectivity index (χ0) is 24.9. The quantitative estimate of drug-likeness (QED) is 0.292. The summed E-state index contributed by atoms with van der Waals surface area (Å²) in [5, 5.41) is 5.11. The summed E-state index contributed by atoms with van der Waals surface area (Å²) in [5.74, 6) is 0.609. The van der Waals surface area contributed by atoms with E-state index in [4.69, 9.17) is 55.9 Å². The highest BCUT2D eigenvalue weighted by Gasteiger charge is 2.24. The lowest BCUT2D eigenvalue weighted by Gasteiger charge is -2.15. The molecule has 0 bridgehead atoms. The topological polar surface area (TPSA) is 59.9 Å². The third-order valence-electron chi connectivity index (χ3n) is 4.70. The first kappa shape index (κ1) is 25.7. The van der Waals surface area contributed by atoms with E-state index < -0.39 is 0 Å². The summed E-state index contributed by atoms with van der Waals surface area (Å²) in [4.78, 5) is 17.4. The molecule has 0 spiro atoms. The molecule has 0 radical (unpaired) electrons. The number of aliphatic imine (C=N–C) groups is 1. The average Bonchev–Trinajstić information content (AvgIpc) is 3.15. The van der Waals surface area contributed by atoms with Crippen LogP contribution in [-0.2, 0) is 11.4 Å². The van der Waals surface area contributed by atoms with Gasteiger partial charge in [0.2, 0.25) is 0 Å². The van der Waals surface area contributed by atoms with Crippen LogP contribution in [0.2, 0.25) is 20.1 Å². The van der Waals surface area contributed by atoms with Crippen LogP contribution in [0, 0.1) is 0 Å². The van der Waals surface area contributed by atoms with Crippen molar-refractivity contribution in [1.82, 2.24) is 5.32 Å². The maximum absolute atomic E-state index is 12.5. The van der Waals surface area contributed by atoms with Gasteiger partial charge in [-0.15, -0.1) is 0 Å². The third kappa shape index (κ3) is 6.66. The number of hydrogen-bond donors (Lipinski definition) is 1. The van der Waals surface area contributed by atoms with E-state index in [9.17, 15) is 4.79 Å². The standard InChI is InChI=1S/C25H18Cl4N2O3S/c1-2-33-21-11-15(10-20(29)23(21)34-13-14-3-8-18(27)19(28)9-14)12-22-24(32)31-25(35-22)30-17-6-4-16(26)5-7-17/h3-12H,2,13H2,1H3,(H,30,31,32)/b22-12-. The number of nitrogens with one attached hydrogen (secondary N) is 1. The summed E-state index contributed by atoms with van der Waals surface area (Å²) in [6.07, 6.45) is 1.72. The fourth-order valence-electron chi connectivity index (χ4n) is 3.12. The molecule has 0 aliphatic carbocycles. The molecular formula is C25H18Cl4N2O3S. The van der Waals surface area contributed by atoms with Crippen LogP contribution in [0.25, 0.3) is 6.08 Å². The number of rotatable bonds is 7. The number of ether oxygens (including phenoxy) is 2. The molecule has 5 nitrogen and oxygen atoms in total. The van der Waals surface area contributed by atoms with E-state index >= 15 is 0 Å². The van der Waals surface area contributed by atoms with E-state index in [0.717, 1.165) is 5.56 Å². The first-order valence-corrected chi connectivity index (χ1v) is 12.7. The molecule has 1 N–H and O–H groups in total. The SMILES string of the molecule is CCOc1cc(/C=C2\SC(=Nc3ccc(Cl)cc3)NC2=O)cc(Cl)c1OCc1ccc(Cl)c(Cl)c1. The van der Waals surface area contributed by atoms with Crippen molar-refractivity contribution in [1.29, 1.82) is 0 Å². The molecule has 1 fully saturated rings. The molecule has 1 saturated heterocycles. The Bertz CT molecular complexity index is 1330. The number of halogens is 4. The van der Waals surface area contributed by atoms with E-state index in [1.54, 1.807) is 54.6 Å². The van der Waals surface area contributed by atoms with Gasteiger partial charge in [0.25, 0.3) is 5.91 Å². The molecule has 4 rings (SSSR count). The van der Waals surface area contributed by atoms with Crippen molar-refractivity contribution < 1.29 is 14.3 Å². The van der Waals surface area contributed by atoms with E-state index in [1.807, 2.05) is 13.0 Å². The minimum absolute atomic E-state index is 0.222. The van der Waals surface area contributed by atoms with Crippen molar-refractivity contribution in [3.05, 3.63) is 90.7 Å². The van der Waals surface area contributed by atoms with Gasteiger partial charge in [0.1, 0.15) is 6.61 Å². The molecule has 35 heavy (non-hydrogen) atoms. The van der Waals surface area contributed by atoms with Gasteiger partial charge >= 0.3 is 0 Å². The predicted octanol–water partition coefficient (Wildman–Crippen LogP) is 8.17. The lowest BCUT2D eigenvalue weighted by atomic mass is 10.1. The maximum atomic E-state index is 12.5. The molecule has 180 valence electrons. The molecule has 1 aliphatic heterocycles. The van der Waals surface area contributed by atoms with Gasteiger partial charge in [-0.3, -0.25) is 4.79 Å². The number of amidine groups is 1. The van der Waals surface area contributed by atoms with Crippen molar-refractivity contribution in [2.45, 2.75) is 13.5 Å². The summed E-state index contributed by atoms with van der Waals surface area (Å²) in [7, 11) is 0. The number of carbonyl (C=O) groups excluding carboxylic acids is 1. The summed E-state index contributed by atoms with van der Waals surface area (Å²) < 4.78 is 11.7. The van der Waals surface area contributed by atoms with Crippen LogP contribution in [0.5, 0.6) is 11.5 Å². The number of hydrogen-bond acceptors (Lipinski definition) is 5. The van der Waals surface area contributed by atoms with E-state index in [-0.39, 0.29) is 12.5 Å². The average molecular weight is 568 g/mol. The van der Waals surface area contributed by atoms with Crippen molar-refractivity contribution in [3.8, 4) is 11.5 Å². The summed E-state index contributed by atoms with van der Waals surface area (Å²) >= 11 is 25.8. The second-order valence-electron chi connectivity index (χ2n) is 7.26. The molecule has 1 amide bonds. The molecule has 3 aromatic rings. The Morgan fingerprint density at radius 2 is 1.71 bits per heavy atom. The zero-order valence-electron chi connectivity index (χ0n) is 18.3. The minimum Gasteiger partial charge on any atom is -0.490 e. The monoisotopic (exact) mass is 566 g/mol. The molecule has 0 saturated carbocycles. The molecule has 1 aliphatic rings. The highest BCUT2D eigenvalue weighted by Crippen LogP contribution is 2.39. The molecule has 0 aromatic heterocycles. The van der Waals surface area contributed by atoms with E-state index in [2.05, 4.69) is 10.3 Å². The fourth-order valence-corrected chi connectivity index (χ4v) is 4.69.